The molecule has 0 spiro atoms. The van der Waals surface area contributed by atoms with Crippen molar-refractivity contribution in [3.63, 3.8) is 0 Å². The number of hydrogen-bond donors (Lipinski definition) is 1. The second kappa shape index (κ2) is 7.35. The lowest BCUT2D eigenvalue weighted by molar-refractivity contribution is 0.285. The summed E-state index contributed by atoms with van der Waals surface area (Å²) in [6, 6.07) is 1.55. The summed E-state index contributed by atoms with van der Waals surface area (Å²) in [6.45, 7) is 3.55. The van der Waals surface area contributed by atoms with Crippen LogP contribution in [0.3, 0.4) is 0 Å². The molecule has 0 aromatic carbocycles. The van der Waals surface area contributed by atoms with Crippen LogP contribution in [0, 0.1) is 0 Å². The van der Waals surface area contributed by atoms with E-state index < -0.39 is 10.0 Å². The summed E-state index contributed by atoms with van der Waals surface area (Å²) >= 11 is 1.27. The molecule has 1 rings (SSSR count). The van der Waals surface area contributed by atoms with Gasteiger partial charge < -0.3 is 10.0 Å². The minimum atomic E-state index is -3.42. The van der Waals surface area contributed by atoms with Gasteiger partial charge in [0.05, 0.1) is 11.5 Å². The Bertz CT molecular complexity index is 483. The van der Waals surface area contributed by atoms with Gasteiger partial charge in [-0.15, -0.1) is 11.3 Å². The van der Waals surface area contributed by atoms with Crippen LogP contribution in [0.2, 0.25) is 0 Å². The van der Waals surface area contributed by atoms with Gasteiger partial charge in [0.25, 0.3) is 0 Å². The van der Waals surface area contributed by atoms with Gasteiger partial charge in [-0.2, -0.15) is 4.31 Å². The molecule has 19 heavy (non-hydrogen) atoms. The Balaban J connectivity index is 2.77. The second-order valence-corrected chi connectivity index (χ2v) is 7.49. The predicted octanol–water partition coefficient (Wildman–Crippen LogP) is 1.20. The second-order valence-electron chi connectivity index (χ2n) is 4.56. The molecule has 110 valence electrons. The zero-order valence-electron chi connectivity index (χ0n) is 11.7. The Morgan fingerprint density at radius 1 is 1.32 bits per heavy atom. The van der Waals surface area contributed by atoms with E-state index in [1.54, 1.807) is 11.4 Å². The van der Waals surface area contributed by atoms with Crippen molar-refractivity contribution in [3.8, 4) is 0 Å². The molecule has 0 amide bonds. The van der Waals surface area contributed by atoms with Crippen molar-refractivity contribution >= 4 is 21.4 Å². The molecular weight excluding hydrogens is 284 g/mol. The summed E-state index contributed by atoms with van der Waals surface area (Å²) in [6.07, 6.45) is 0.803. The predicted molar refractivity (Wildman–Crippen MR) is 77.8 cm³/mol. The summed E-state index contributed by atoms with van der Waals surface area (Å²) in [4.78, 5) is 2.99. The fraction of sp³-hybridized carbons (Fsp3) is 0.667. The molecule has 5 nitrogen and oxygen atoms in total. The molecule has 0 radical (unpaired) electrons. The summed E-state index contributed by atoms with van der Waals surface area (Å²) < 4.78 is 26.3. The van der Waals surface area contributed by atoms with E-state index in [9.17, 15) is 8.42 Å². The Kier molecular flexibility index (Phi) is 6.41. The van der Waals surface area contributed by atoms with Crippen molar-refractivity contribution in [3.05, 3.63) is 16.3 Å². The fourth-order valence-electron chi connectivity index (χ4n) is 1.74. The van der Waals surface area contributed by atoms with Crippen LogP contribution in [0.15, 0.2) is 16.3 Å². The lowest BCUT2D eigenvalue weighted by Gasteiger charge is -2.20. The van der Waals surface area contributed by atoms with Gasteiger partial charge in [-0.3, -0.25) is 0 Å². The highest BCUT2D eigenvalue weighted by atomic mass is 32.2. The SMILES string of the molecule is CCN(CCCN(C)C)S(=O)(=O)c1csc(CO)c1. The van der Waals surface area contributed by atoms with Crippen LogP contribution in [0.4, 0.5) is 0 Å². The number of rotatable bonds is 8. The van der Waals surface area contributed by atoms with Gasteiger partial charge in [-0.05, 0) is 33.1 Å². The smallest absolute Gasteiger partial charge is 0.243 e. The highest BCUT2D eigenvalue weighted by Gasteiger charge is 2.23. The van der Waals surface area contributed by atoms with E-state index in [0.29, 0.717) is 18.0 Å². The van der Waals surface area contributed by atoms with Crippen LogP contribution in [-0.2, 0) is 16.6 Å². The zero-order chi connectivity index (χ0) is 14.5. The lowest BCUT2D eigenvalue weighted by atomic mass is 10.4. The van der Waals surface area contributed by atoms with E-state index in [2.05, 4.69) is 0 Å². The summed E-state index contributed by atoms with van der Waals surface area (Å²) in [5, 5.41) is 10.6. The Labute approximate surface area is 119 Å². The zero-order valence-corrected chi connectivity index (χ0v) is 13.3. The lowest BCUT2D eigenvalue weighted by Crippen LogP contribution is -2.33. The van der Waals surface area contributed by atoms with Crippen LogP contribution in [0.1, 0.15) is 18.2 Å². The van der Waals surface area contributed by atoms with Crippen molar-refractivity contribution in [2.75, 3.05) is 33.7 Å². The standard InChI is InChI=1S/C12H22N2O3S2/c1-4-14(7-5-6-13(2)3)19(16,17)12-8-11(9-15)18-10-12/h8,10,15H,4-7,9H2,1-3H3. The summed E-state index contributed by atoms with van der Waals surface area (Å²) in [7, 11) is 0.515. The first kappa shape index (κ1) is 16.6. The highest BCUT2D eigenvalue weighted by molar-refractivity contribution is 7.89. The van der Waals surface area contributed by atoms with Crippen LogP contribution in [0.25, 0.3) is 0 Å². The van der Waals surface area contributed by atoms with E-state index in [-0.39, 0.29) is 11.5 Å². The van der Waals surface area contributed by atoms with Crippen molar-refractivity contribution in [2.24, 2.45) is 0 Å². The minimum absolute atomic E-state index is 0.118. The number of aliphatic hydroxyl groups excluding tert-OH is 1. The van der Waals surface area contributed by atoms with Crippen molar-refractivity contribution < 1.29 is 13.5 Å². The van der Waals surface area contributed by atoms with Crippen molar-refractivity contribution in [1.82, 2.24) is 9.21 Å². The maximum absolute atomic E-state index is 12.4. The topological polar surface area (TPSA) is 60.9 Å². The molecular formula is C12H22N2O3S2. The maximum Gasteiger partial charge on any atom is 0.243 e. The van der Waals surface area contributed by atoms with Gasteiger partial charge >= 0.3 is 0 Å². The number of thiophene rings is 1. The van der Waals surface area contributed by atoms with Gasteiger partial charge in [0.2, 0.25) is 10.0 Å². The number of hydrogen-bond acceptors (Lipinski definition) is 5. The molecule has 1 N–H and O–H groups in total. The average molecular weight is 306 g/mol. The first-order valence-electron chi connectivity index (χ1n) is 6.25. The van der Waals surface area contributed by atoms with E-state index in [0.717, 1.165) is 13.0 Å². The van der Waals surface area contributed by atoms with Crippen LogP contribution in [0.5, 0.6) is 0 Å². The monoisotopic (exact) mass is 306 g/mol. The van der Waals surface area contributed by atoms with Gasteiger partial charge in [-0.1, -0.05) is 6.92 Å². The van der Waals surface area contributed by atoms with E-state index in [1.165, 1.54) is 15.6 Å². The highest BCUT2D eigenvalue weighted by Crippen LogP contribution is 2.22. The van der Waals surface area contributed by atoms with Gasteiger partial charge in [0.15, 0.2) is 0 Å². The summed E-state index contributed by atoms with van der Waals surface area (Å²) in [5.74, 6) is 0. The molecule has 0 aliphatic heterocycles. The third-order valence-corrected chi connectivity index (χ3v) is 5.81. The molecule has 0 saturated carbocycles. The Morgan fingerprint density at radius 2 is 2.00 bits per heavy atom. The van der Waals surface area contributed by atoms with Crippen molar-refractivity contribution in [2.45, 2.75) is 24.8 Å². The number of aliphatic hydroxyl groups is 1. The normalized spacial score (nSPS) is 12.5. The third-order valence-electron chi connectivity index (χ3n) is 2.79. The molecule has 1 heterocycles. The van der Waals surface area contributed by atoms with E-state index >= 15 is 0 Å². The first-order valence-corrected chi connectivity index (χ1v) is 8.57. The first-order chi connectivity index (χ1) is 8.91. The molecule has 0 saturated heterocycles. The Hall–Kier alpha value is -0.470. The van der Waals surface area contributed by atoms with E-state index in [1.807, 2.05) is 25.9 Å². The van der Waals surface area contributed by atoms with Crippen molar-refractivity contribution in [1.29, 1.82) is 0 Å². The molecule has 0 fully saturated rings. The fourth-order valence-corrected chi connectivity index (χ4v) is 4.35. The molecule has 0 atom stereocenters. The largest absolute Gasteiger partial charge is 0.391 e. The van der Waals surface area contributed by atoms with Gasteiger partial charge in [0.1, 0.15) is 0 Å². The van der Waals surface area contributed by atoms with E-state index in [4.69, 9.17) is 5.11 Å². The van der Waals surface area contributed by atoms with Gasteiger partial charge in [0, 0.05) is 23.3 Å². The molecule has 0 aliphatic rings. The summed E-state index contributed by atoms with van der Waals surface area (Å²) in [5.41, 5.74) is 0. The van der Waals surface area contributed by atoms with Gasteiger partial charge in [-0.25, -0.2) is 8.42 Å². The van der Waals surface area contributed by atoms with Crippen LogP contribution < -0.4 is 0 Å². The van der Waals surface area contributed by atoms with Crippen LogP contribution >= 0.6 is 11.3 Å². The average Bonchev–Trinajstić information content (AvgIpc) is 2.83. The number of nitrogens with zero attached hydrogens (tertiary/aromatic N) is 2. The Morgan fingerprint density at radius 3 is 2.47 bits per heavy atom. The molecule has 0 bridgehead atoms. The minimum Gasteiger partial charge on any atom is -0.391 e. The quantitative estimate of drug-likeness (QED) is 0.784. The molecule has 0 aliphatic carbocycles. The molecule has 0 unspecified atom stereocenters. The van der Waals surface area contributed by atoms with Crippen LogP contribution in [-0.4, -0.2) is 56.5 Å². The molecule has 1 aromatic heterocycles. The number of sulfonamides is 1. The third kappa shape index (κ3) is 4.54. The maximum atomic E-state index is 12.4. The molecule has 7 heteroatoms. The molecule has 1 aromatic rings.